The molecule has 21 heavy (non-hydrogen) atoms. The molecule has 0 fully saturated rings. The lowest BCUT2D eigenvalue weighted by atomic mass is 9.87. The van der Waals surface area contributed by atoms with E-state index in [9.17, 15) is 0 Å². The first-order valence-electron chi connectivity index (χ1n) is 7.15. The molecule has 0 amide bonds. The molecule has 1 atom stereocenters. The van der Waals surface area contributed by atoms with E-state index in [0.717, 1.165) is 30.2 Å². The first-order chi connectivity index (χ1) is 10.3. The fourth-order valence-corrected chi connectivity index (χ4v) is 2.79. The quantitative estimate of drug-likeness (QED) is 0.916. The van der Waals surface area contributed by atoms with Crippen LogP contribution >= 0.6 is 0 Å². The van der Waals surface area contributed by atoms with Gasteiger partial charge in [0, 0.05) is 17.9 Å². The second-order valence-corrected chi connectivity index (χ2v) is 5.05. The average molecular weight is 286 g/mol. The summed E-state index contributed by atoms with van der Waals surface area (Å²) in [6, 6.07) is 14.3. The first kappa shape index (κ1) is 13.8. The van der Waals surface area contributed by atoms with Crippen LogP contribution in [0.3, 0.4) is 0 Å². The van der Waals surface area contributed by atoms with Crippen molar-refractivity contribution in [2.24, 2.45) is 0 Å². The van der Waals surface area contributed by atoms with Crippen LogP contribution in [0.15, 0.2) is 42.5 Å². The Kier molecular flexibility index (Phi) is 3.97. The van der Waals surface area contributed by atoms with Crippen LogP contribution in [0, 0.1) is 0 Å². The van der Waals surface area contributed by atoms with E-state index in [-0.39, 0.29) is 5.92 Å². The van der Waals surface area contributed by atoms with Crippen LogP contribution in [-0.2, 0) is 0 Å². The van der Waals surface area contributed by atoms with Crippen LogP contribution in [0.5, 0.6) is 17.2 Å². The van der Waals surface area contributed by atoms with E-state index in [0.29, 0.717) is 6.79 Å². The fourth-order valence-electron chi connectivity index (χ4n) is 2.79. The van der Waals surface area contributed by atoms with Crippen molar-refractivity contribution >= 4 is 0 Å². The summed E-state index contributed by atoms with van der Waals surface area (Å²) in [6.45, 7) is 1.16. The summed E-state index contributed by atoms with van der Waals surface area (Å²) in [4.78, 5) is 0. The zero-order chi connectivity index (χ0) is 14.7. The van der Waals surface area contributed by atoms with Crippen molar-refractivity contribution in [3.63, 3.8) is 0 Å². The second kappa shape index (κ2) is 6.06. The number of ether oxygens (including phenoxy) is 3. The monoisotopic (exact) mass is 286 g/mol. The van der Waals surface area contributed by atoms with Gasteiger partial charge in [0.2, 0.25) is 6.79 Å². The molecule has 0 spiro atoms. The summed E-state index contributed by atoms with van der Waals surface area (Å²) in [5.74, 6) is 2.78. The molecule has 4 heteroatoms. The lowest BCUT2D eigenvalue weighted by molar-refractivity contribution is -0.368. The van der Waals surface area contributed by atoms with Crippen LogP contribution in [-0.4, -0.2) is 20.4 Å². The van der Waals surface area contributed by atoms with Gasteiger partial charge in [-0.05, 0) is 23.8 Å². The van der Waals surface area contributed by atoms with E-state index in [4.69, 9.17) is 14.2 Å². The summed E-state index contributed by atoms with van der Waals surface area (Å²) in [5, 5.41) is 0. The molecular formula is C17H20NO3+. The highest BCUT2D eigenvalue weighted by Crippen LogP contribution is 2.39. The van der Waals surface area contributed by atoms with Gasteiger partial charge < -0.3 is 19.9 Å². The van der Waals surface area contributed by atoms with Gasteiger partial charge in [-0.3, -0.25) is 0 Å². The highest BCUT2D eigenvalue weighted by molar-refractivity contribution is 5.49. The standard InChI is InChI=1S/C17H19NO3/c1-19-15-5-3-2-4-14(15)13(8-9-18)12-6-7-16-17(10-12)21-11-20-16/h2-7,10,13H,8-9,11,18H2,1H3/p+1/t13-/m0/s1. The van der Waals surface area contributed by atoms with Crippen molar-refractivity contribution in [1.29, 1.82) is 0 Å². The Morgan fingerprint density at radius 2 is 1.95 bits per heavy atom. The van der Waals surface area contributed by atoms with Gasteiger partial charge in [-0.2, -0.15) is 0 Å². The second-order valence-electron chi connectivity index (χ2n) is 5.05. The van der Waals surface area contributed by atoms with E-state index in [1.165, 1.54) is 11.1 Å². The van der Waals surface area contributed by atoms with E-state index >= 15 is 0 Å². The largest absolute Gasteiger partial charge is 0.496 e. The topological polar surface area (TPSA) is 55.3 Å². The van der Waals surface area contributed by atoms with Gasteiger partial charge in [0.25, 0.3) is 0 Å². The average Bonchev–Trinajstić information content (AvgIpc) is 3.00. The third kappa shape index (κ3) is 2.67. The summed E-state index contributed by atoms with van der Waals surface area (Å²) in [7, 11) is 1.71. The Morgan fingerprint density at radius 1 is 1.14 bits per heavy atom. The number of fused-ring (bicyclic) bond motifs is 1. The SMILES string of the molecule is COc1ccccc1[C@@H](CC[NH3+])c1ccc2c(c1)OCO2. The smallest absolute Gasteiger partial charge is 0.231 e. The number of para-hydroxylation sites is 1. The number of quaternary nitrogens is 1. The maximum absolute atomic E-state index is 5.51. The normalized spacial score (nSPS) is 14.0. The molecule has 1 aliphatic rings. The van der Waals surface area contributed by atoms with Gasteiger partial charge in [0.15, 0.2) is 11.5 Å². The molecule has 3 N–H and O–H groups in total. The fraction of sp³-hybridized carbons (Fsp3) is 0.294. The predicted octanol–water partition coefficient (Wildman–Crippen LogP) is 2.19. The van der Waals surface area contributed by atoms with E-state index in [1.54, 1.807) is 7.11 Å². The zero-order valence-corrected chi connectivity index (χ0v) is 12.2. The van der Waals surface area contributed by atoms with Crippen molar-refractivity contribution in [3.05, 3.63) is 53.6 Å². The molecule has 2 aromatic rings. The first-order valence-corrected chi connectivity index (χ1v) is 7.15. The Hall–Kier alpha value is -2.20. The van der Waals surface area contributed by atoms with E-state index in [2.05, 4.69) is 23.9 Å². The number of rotatable bonds is 5. The lowest BCUT2D eigenvalue weighted by Gasteiger charge is -2.19. The number of benzene rings is 2. The van der Waals surface area contributed by atoms with Gasteiger partial charge >= 0.3 is 0 Å². The van der Waals surface area contributed by atoms with Crippen LogP contribution in [0.4, 0.5) is 0 Å². The van der Waals surface area contributed by atoms with Crippen LogP contribution in [0.1, 0.15) is 23.5 Å². The Labute approximate surface area is 124 Å². The number of hydrogen-bond acceptors (Lipinski definition) is 3. The van der Waals surface area contributed by atoms with Crippen LogP contribution in [0.2, 0.25) is 0 Å². The van der Waals surface area contributed by atoms with Crippen LogP contribution in [0.25, 0.3) is 0 Å². The van der Waals surface area contributed by atoms with Gasteiger partial charge in [-0.15, -0.1) is 0 Å². The molecule has 0 unspecified atom stereocenters. The molecular weight excluding hydrogens is 266 g/mol. The third-order valence-corrected chi connectivity index (χ3v) is 3.81. The Bertz CT molecular complexity index is 627. The zero-order valence-electron chi connectivity index (χ0n) is 12.2. The van der Waals surface area contributed by atoms with Crippen molar-refractivity contribution in [2.75, 3.05) is 20.4 Å². The van der Waals surface area contributed by atoms with Crippen molar-refractivity contribution < 1.29 is 19.9 Å². The van der Waals surface area contributed by atoms with Crippen LogP contribution < -0.4 is 19.9 Å². The highest BCUT2D eigenvalue weighted by atomic mass is 16.7. The number of methoxy groups -OCH3 is 1. The molecule has 0 radical (unpaired) electrons. The minimum absolute atomic E-state index is 0.244. The maximum atomic E-state index is 5.51. The molecule has 3 rings (SSSR count). The van der Waals surface area contributed by atoms with Crippen molar-refractivity contribution in [1.82, 2.24) is 0 Å². The molecule has 2 aromatic carbocycles. The molecule has 1 aliphatic heterocycles. The molecule has 110 valence electrons. The Balaban J connectivity index is 2.01. The van der Waals surface area contributed by atoms with E-state index in [1.807, 2.05) is 24.3 Å². The lowest BCUT2D eigenvalue weighted by Crippen LogP contribution is -2.50. The molecule has 1 heterocycles. The van der Waals surface area contributed by atoms with Crippen molar-refractivity contribution in [2.45, 2.75) is 12.3 Å². The molecule has 0 bridgehead atoms. The maximum Gasteiger partial charge on any atom is 0.231 e. The minimum atomic E-state index is 0.244. The Morgan fingerprint density at radius 3 is 2.76 bits per heavy atom. The molecule has 0 saturated heterocycles. The van der Waals surface area contributed by atoms with E-state index < -0.39 is 0 Å². The van der Waals surface area contributed by atoms with Gasteiger partial charge in [0.1, 0.15) is 5.75 Å². The van der Waals surface area contributed by atoms with Gasteiger partial charge in [-0.1, -0.05) is 24.3 Å². The molecule has 0 aliphatic carbocycles. The highest BCUT2D eigenvalue weighted by Gasteiger charge is 2.21. The molecule has 0 saturated carbocycles. The third-order valence-electron chi connectivity index (χ3n) is 3.81. The molecule has 0 aromatic heterocycles. The van der Waals surface area contributed by atoms with Gasteiger partial charge in [-0.25, -0.2) is 0 Å². The number of hydrogen-bond donors (Lipinski definition) is 1. The summed E-state index contributed by atoms with van der Waals surface area (Å²) < 4.78 is 16.4. The summed E-state index contributed by atoms with van der Waals surface area (Å²) in [5.41, 5.74) is 6.39. The van der Waals surface area contributed by atoms with Gasteiger partial charge in [0.05, 0.1) is 13.7 Å². The summed E-state index contributed by atoms with van der Waals surface area (Å²) in [6.07, 6.45) is 0.958. The molecule has 4 nitrogen and oxygen atoms in total. The predicted molar refractivity (Wildman–Crippen MR) is 79.8 cm³/mol. The summed E-state index contributed by atoms with van der Waals surface area (Å²) >= 11 is 0. The van der Waals surface area contributed by atoms with Crippen molar-refractivity contribution in [3.8, 4) is 17.2 Å². The minimum Gasteiger partial charge on any atom is -0.496 e.